The van der Waals surface area contributed by atoms with Crippen molar-refractivity contribution in [3.63, 3.8) is 0 Å². The number of ether oxygens (including phenoxy) is 1. The van der Waals surface area contributed by atoms with Gasteiger partial charge < -0.3 is 9.53 Å². The van der Waals surface area contributed by atoms with E-state index in [1.165, 1.54) is 0 Å². The molecule has 0 N–H and O–H groups in total. The fraction of sp³-hybridized carbons (Fsp3) is 0.462. The Morgan fingerprint density at radius 3 is 2.56 bits per heavy atom. The summed E-state index contributed by atoms with van der Waals surface area (Å²) in [6, 6.07) is 5.63. The lowest BCUT2D eigenvalue weighted by atomic mass is 9.98. The van der Waals surface area contributed by atoms with Gasteiger partial charge in [0.1, 0.15) is 12.0 Å². The zero-order chi connectivity index (χ0) is 11.8. The molecule has 2 nitrogen and oxygen atoms in total. The molecule has 0 aromatic heterocycles. The van der Waals surface area contributed by atoms with Crippen LogP contribution in [0.15, 0.2) is 18.2 Å². The monoisotopic (exact) mass is 238 g/mol. The number of hydrogen-bond acceptors (Lipinski definition) is 2. The maximum atomic E-state index is 11.0. The summed E-state index contributed by atoms with van der Waals surface area (Å²) in [4.78, 5) is 11.0. The van der Waals surface area contributed by atoms with E-state index in [0.717, 1.165) is 24.7 Å². The molecule has 2 rings (SSSR count). The maximum absolute atomic E-state index is 11.0. The van der Waals surface area contributed by atoms with E-state index in [4.69, 9.17) is 16.3 Å². The summed E-state index contributed by atoms with van der Waals surface area (Å²) in [7, 11) is 0. The van der Waals surface area contributed by atoms with Crippen molar-refractivity contribution < 1.29 is 9.53 Å². The van der Waals surface area contributed by atoms with Crippen LogP contribution in [-0.4, -0.2) is 12.4 Å². The Labute approximate surface area is 101 Å². The molecule has 1 aromatic carbocycles. The van der Waals surface area contributed by atoms with Crippen LogP contribution in [-0.2, 0) is 10.2 Å². The minimum Gasteiger partial charge on any atom is -0.489 e. The summed E-state index contributed by atoms with van der Waals surface area (Å²) in [5.74, 6) is 0.683. The summed E-state index contributed by atoms with van der Waals surface area (Å²) in [6.45, 7) is 3.91. The molecule has 0 atom stereocenters. The zero-order valence-electron chi connectivity index (χ0n) is 9.50. The molecule has 0 saturated heterocycles. The Kier molecular flexibility index (Phi) is 2.94. The molecular formula is C13H15ClO2. The lowest BCUT2D eigenvalue weighted by Crippen LogP contribution is -2.09. The number of hydrogen-bond donors (Lipinski definition) is 0. The van der Waals surface area contributed by atoms with E-state index in [-0.39, 0.29) is 11.5 Å². The van der Waals surface area contributed by atoms with Crippen molar-refractivity contribution in [2.45, 2.75) is 38.2 Å². The van der Waals surface area contributed by atoms with E-state index in [2.05, 4.69) is 0 Å². The van der Waals surface area contributed by atoms with E-state index in [1.807, 2.05) is 32.0 Å². The molecule has 3 heteroatoms. The third kappa shape index (κ3) is 2.07. The molecule has 0 aliphatic heterocycles. The molecule has 0 radical (unpaired) electrons. The van der Waals surface area contributed by atoms with Crippen LogP contribution in [0.3, 0.4) is 0 Å². The van der Waals surface area contributed by atoms with Crippen molar-refractivity contribution in [3.8, 4) is 5.75 Å². The van der Waals surface area contributed by atoms with Gasteiger partial charge in [-0.05, 0) is 44.4 Å². The fourth-order valence-electron chi connectivity index (χ4n) is 1.77. The number of rotatable bonds is 4. The van der Waals surface area contributed by atoms with E-state index < -0.39 is 0 Å². The molecule has 1 aromatic rings. The molecule has 0 spiro atoms. The minimum atomic E-state index is -0.264. The first-order chi connectivity index (χ1) is 7.57. The maximum Gasteiger partial charge on any atom is 0.138 e. The number of carbonyl (C=O) groups excluding carboxylic acids is 1. The average molecular weight is 239 g/mol. The average Bonchev–Trinajstić information content (AvgIpc) is 3.01. The quantitative estimate of drug-likeness (QED) is 0.752. The molecule has 0 amide bonds. The lowest BCUT2D eigenvalue weighted by molar-refractivity contribution is -0.109. The molecule has 0 heterocycles. The highest BCUT2D eigenvalue weighted by molar-refractivity contribution is 6.32. The molecule has 1 aliphatic carbocycles. The second-order valence-corrected chi connectivity index (χ2v) is 4.99. The van der Waals surface area contributed by atoms with E-state index in [1.54, 1.807) is 0 Å². The Morgan fingerprint density at radius 2 is 2.12 bits per heavy atom. The third-order valence-electron chi connectivity index (χ3n) is 2.88. The van der Waals surface area contributed by atoms with Gasteiger partial charge in [0.05, 0.1) is 16.5 Å². The van der Waals surface area contributed by atoms with E-state index in [0.29, 0.717) is 10.8 Å². The summed E-state index contributed by atoms with van der Waals surface area (Å²) in [5.41, 5.74) is 0.739. The Balaban J connectivity index is 2.26. The highest BCUT2D eigenvalue weighted by Gasteiger charge is 2.44. The first-order valence-corrected chi connectivity index (χ1v) is 5.88. The standard InChI is InChI=1S/C13H15ClO2/c1-9(2)16-12-4-3-10(7-11(12)14)13(8-15)5-6-13/h3-4,7-9H,5-6H2,1-2H3. The van der Waals surface area contributed by atoms with Crippen LogP contribution in [0.2, 0.25) is 5.02 Å². The van der Waals surface area contributed by atoms with Crippen molar-refractivity contribution in [3.05, 3.63) is 28.8 Å². The number of aldehydes is 1. The smallest absolute Gasteiger partial charge is 0.138 e. The molecule has 16 heavy (non-hydrogen) atoms. The number of benzene rings is 1. The first-order valence-electron chi connectivity index (χ1n) is 5.50. The van der Waals surface area contributed by atoms with Crippen LogP contribution in [0.5, 0.6) is 5.75 Å². The summed E-state index contributed by atoms with van der Waals surface area (Å²) in [6.07, 6.45) is 2.99. The zero-order valence-corrected chi connectivity index (χ0v) is 10.3. The van der Waals surface area contributed by atoms with Gasteiger partial charge in [-0.2, -0.15) is 0 Å². The van der Waals surface area contributed by atoms with Crippen molar-refractivity contribution in [1.82, 2.24) is 0 Å². The van der Waals surface area contributed by atoms with E-state index >= 15 is 0 Å². The van der Waals surface area contributed by atoms with Crippen LogP contribution in [0, 0.1) is 0 Å². The highest BCUT2D eigenvalue weighted by atomic mass is 35.5. The Bertz CT molecular complexity index is 408. The van der Waals surface area contributed by atoms with Gasteiger partial charge in [0.25, 0.3) is 0 Å². The Hall–Kier alpha value is -1.02. The van der Waals surface area contributed by atoms with Crippen LogP contribution in [0.25, 0.3) is 0 Å². The van der Waals surface area contributed by atoms with Crippen molar-refractivity contribution in [2.24, 2.45) is 0 Å². The van der Waals surface area contributed by atoms with Crippen LogP contribution in [0.1, 0.15) is 32.3 Å². The van der Waals surface area contributed by atoms with Gasteiger partial charge in [0, 0.05) is 0 Å². The molecule has 1 fully saturated rings. The highest BCUT2D eigenvalue weighted by Crippen LogP contribution is 2.47. The van der Waals surface area contributed by atoms with Gasteiger partial charge in [-0.25, -0.2) is 0 Å². The van der Waals surface area contributed by atoms with E-state index in [9.17, 15) is 4.79 Å². The molecule has 1 saturated carbocycles. The molecule has 0 unspecified atom stereocenters. The third-order valence-corrected chi connectivity index (χ3v) is 3.18. The van der Waals surface area contributed by atoms with Crippen molar-refractivity contribution in [2.75, 3.05) is 0 Å². The Morgan fingerprint density at radius 1 is 1.44 bits per heavy atom. The second-order valence-electron chi connectivity index (χ2n) is 4.59. The fourth-order valence-corrected chi connectivity index (χ4v) is 1.99. The summed E-state index contributed by atoms with van der Waals surface area (Å²) >= 11 is 6.12. The second kappa shape index (κ2) is 4.10. The van der Waals surface area contributed by atoms with Crippen molar-refractivity contribution in [1.29, 1.82) is 0 Å². The number of carbonyl (C=O) groups is 1. The van der Waals surface area contributed by atoms with Gasteiger partial charge in [-0.15, -0.1) is 0 Å². The van der Waals surface area contributed by atoms with Gasteiger partial charge >= 0.3 is 0 Å². The van der Waals surface area contributed by atoms with Crippen LogP contribution in [0.4, 0.5) is 0 Å². The summed E-state index contributed by atoms with van der Waals surface area (Å²) in [5, 5.41) is 0.583. The first kappa shape index (κ1) is 11.5. The normalized spacial score (nSPS) is 17.2. The largest absolute Gasteiger partial charge is 0.489 e. The van der Waals surface area contributed by atoms with Crippen LogP contribution < -0.4 is 4.74 Å². The summed E-state index contributed by atoms with van der Waals surface area (Å²) < 4.78 is 5.55. The molecule has 1 aliphatic rings. The SMILES string of the molecule is CC(C)Oc1ccc(C2(C=O)CC2)cc1Cl. The lowest BCUT2D eigenvalue weighted by Gasteiger charge is -2.14. The molecular weight excluding hydrogens is 224 g/mol. The molecule has 0 bridgehead atoms. The predicted molar refractivity (Wildman–Crippen MR) is 64.2 cm³/mol. The van der Waals surface area contributed by atoms with Gasteiger partial charge in [-0.3, -0.25) is 0 Å². The van der Waals surface area contributed by atoms with Crippen LogP contribution >= 0.6 is 11.6 Å². The van der Waals surface area contributed by atoms with Gasteiger partial charge in [0.15, 0.2) is 0 Å². The number of halogens is 1. The van der Waals surface area contributed by atoms with Crippen molar-refractivity contribution >= 4 is 17.9 Å². The van der Waals surface area contributed by atoms with Gasteiger partial charge in [-0.1, -0.05) is 17.7 Å². The minimum absolute atomic E-state index is 0.101. The topological polar surface area (TPSA) is 26.3 Å². The predicted octanol–water partition coefficient (Wildman–Crippen LogP) is 3.36. The van der Waals surface area contributed by atoms with Gasteiger partial charge in [0.2, 0.25) is 0 Å². The molecule has 86 valence electrons.